The number of H-pyrrole nitrogens is 1. The van der Waals surface area contributed by atoms with Crippen LogP contribution in [-0.4, -0.2) is 36.2 Å². The predicted octanol–water partition coefficient (Wildman–Crippen LogP) is 3.09. The lowest BCUT2D eigenvalue weighted by atomic mass is 10.1. The average molecular weight is 461 g/mol. The van der Waals surface area contributed by atoms with Crippen LogP contribution in [0.1, 0.15) is 57.9 Å². The van der Waals surface area contributed by atoms with Crippen LogP contribution in [0.4, 0.5) is 11.5 Å². The molecule has 33 heavy (non-hydrogen) atoms. The molecule has 182 valence electrons. The number of nitrogens with zero attached hydrogens (tertiary/aromatic N) is 2. The Balaban J connectivity index is 2.33. The highest BCUT2D eigenvalue weighted by atomic mass is 16.5. The maximum atomic E-state index is 13.3. The first-order chi connectivity index (χ1) is 15.9. The number of methoxy groups -OCH3 is 2. The molecule has 0 fully saturated rings. The summed E-state index contributed by atoms with van der Waals surface area (Å²) in [6.45, 7) is 4.81. The summed E-state index contributed by atoms with van der Waals surface area (Å²) >= 11 is 0. The van der Waals surface area contributed by atoms with Gasteiger partial charge in [0.2, 0.25) is 5.91 Å². The summed E-state index contributed by atoms with van der Waals surface area (Å²) in [5, 5.41) is 0. The zero-order chi connectivity index (χ0) is 24.4. The SMILES string of the molecule is CCCCCN(C(=O)CCc1ccc(OC)c(OC)c1)c1c(N)n(CCCC)c(=O)[nH]c1=O. The van der Waals surface area contributed by atoms with Crippen LogP contribution in [0.15, 0.2) is 27.8 Å². The summed E-state index contributed by atoms with van der Waals surface area (Å²) in [7, 11) is 3.13. The molecule has 0 saturated carbocycles. The van der Waals surface area contributed by atoms with Crippen molar-refractivity contribution in [3.63, 3.8) is 0 Å². The number of nitrogens with two attached hydrogens (primary N) is 1. The predicted molar refractivity (Wildman–Crippen MR) is 130 cm³/mol. The fraction of sp³-hybridized carbons (Fsp3) is 0.542. The molecule has 0 radical (unpaired) electrons. The van der Waals surface area contributed by atoms with Gasteiger partial charge >= 0.3 is 5.69 Å². The number of ether oxygens (including phenoxy) is 2. The first-order valence-electron chi connectivity index (χ1n) is 11.5. The van der Waals surface area contributed by atoms with Gasteiger partial charge in [-0.25, -0.2) is 4.79 Å². The van der Waals surface area contributed by atoms with Crippen molar-refractivity contribution in [2.45, 2.75) is 65.3 Å². The van der Waals surface area contributed by atoms with Crippen molar-refractivity contribution in [1.82, 2.24) is 9.55 Å². The van der Waals surface area contributed by atoms with Gasteiger partial charge in [0.05, 0.1) is 14.2 Å². The molecular weight excluding hydrogens is 424 g/mol. The number of rotatable bonds is 13. The Morgan fingerprint density at radius 1 is 1.06 bits per heavy atom. The molecule has 9 nitrogen and oxygen atoms in total. The normalized spacial score (nSPS) is 10.8. The number of nitrogens with one attached hydrogen (secondary N) is 1. The van der Waals surface area contributed by atoms with E-state index in [-0.39, 0.29) is 23.8 Å². The summed E-state index contributed by atoms with van der Waals surface area (Å²) in [6.07, 6.45) is 4.84. The van der Waals surface area contributed by atoms with Crippen molar-refractivity contribution in [2.24, 2.45) is 0 Å². The topological polar surface area (TPSA) is 120 Å². The van der Waals surface area contributed by atoms with Gasteiger partial charge in [0.25, 0.3) is 5.56 Å². The third kappa shape index (κ3) is 6.63. The van der Waals surface area contributed by atoms with E-state index < -0.39 is 11.2 Å². The Kier molecular flexibility index (Phi) is 10.0. The fourth-order valence-corrected chi connectivity index (χ4v) is 3.68. The molecule has 0 saturated heterocycles. The lowest BCUT2D eigenvalue weighted by Crippen LogP contribution is -2.41. The van der Waals surface area contributed by atoms with Gasteiger partial charge in [-0.15, -0.1) is 0 Å². The number of benzene rings is 1. The second kappa shape index (κ2) is 12.7. The molecule has 0 unspecified atom stereocenters. The number of aromatic amines is 1. The van der Waals surface area contributed by atoms with Crippen LogP contribution in [-0.2, 0) is 17.8 Å². The molecule has 0 aliphatic heterocycles. The van der Waals surface area contributed by atoms with Crippen LogP contribution in [0.2, 0.25) is 0 Å². The number of aryl methyl sites for hydroxylation is 1. The molecule has 0 aliphatic carbocycles. The van der Waals surface area contributed by atoms with E-state index in [0.717, 1.165) is 37.7 Å². The molecule has 0 atom stereocenters. The number of anilines is 2. The van der Waals surface area contributed by atoms with Gasteiger partial charge in [-0.2, -0.15) is 0 Å². The number of carbonyl (C=O) groups excluding carboxylic acids is 1. The van der Waals surface area contributed by atoms with Gasteiger partial charge in [-0.05, 0) is 37.0 Å². The van der Waals surface area contributed by atoms with E-state index in [1.165, 1.54) is 9.47 Å². The fourth-order valence-electron chi connectivity index (χ4n) is 3.68. The smallest absolute Gasteiger partial charge is 0.330 e. The molecule has 2 aromatic rings. The highest BCUT2D eigenvalue weighted by Gasteiger charge is 2.24. The average Bonchev–Trinajstić information content (AvgIpc) is 2.81. The van der Waals surface area contributed by atoms with E-state index >= 15 is 0 Å². The monoisotopic (exact) mass is 460 g/mol. The summed E-state index contributed by atoms with van der Waals surface area (Å²) in [5.74, 6) is 1.01. The first-order valence-corrected chi connectivity index (χ1v) is 11.5. The molecule has 1 heterocycles. The van der Waals surface area contributed by atoms with Crippen molar-refractivity contribution in [1.29, 1.82) is 0 Å². The second-order valence-electron chi connectivity index (χ2n) is 7.94. The lowest BCUT2D eigenvalue weighted by Gasteiger charge is -2.24. The Labute approximate surface area is 194 Å². The number of hydrogen-bond donors (Lipinski definition) is 2. The number of hydrogen-bond acceptors (Lipinski definition) is 6. The first kappa shape index (κ1) is 26.0. The molecule has 1 aromatic carbocycles. The molecule has 1 amide bonds. The van der Waals surface area contributed by atoms with Crippen LogP contribution in [0.25, 0.3) is 0 Å². The maximum absolute atomic E-state index is 13.3. The Bertz CT molecular complexity index is 1040. The van der Waals surface area contributed by atoms with Crippen molar-refractivity contribution < 1.29 is 14.3 Å². The third-order valence-corrected chi connectivity index (χ3v) is 5.58. The molecule has 1 aromatic heterocycles. The molecule has 0 spiro atoms. The molecule has 0 bridgehead atoms. The zero-order valence-electron chi connectivity index (χ0n) is 20.1. The van der Waals surface area contributed by atoms with Crippen LogP contribution in [0.3, 0.4) is 0 Å². The second-order valence-corrected chi connectivity index (χ2v) is 7.94. The van der Waals surface area contributed by atoms with Crippen molar-refractivity contribution in [3.05, 3.63) is 44.6 Å². The van der Waals surface area contributed by atoms with Gasteiger partial charge in [0, 0.05) is 19.5 Å². The number of aromatic nitrogens is 2. The number of amides is 1. The van der Waals surface area contributed by atoms with E-state index in [1.807, 2.05) is 19.1 Å². The molecular formula is C24H36N4O5. The number of nitrogen functional groups attached to an aromatic ring is 1. The van der Waals surface area contributed by atoms with Crippen LogP contribution in [0, 0.1) is 0 Å². The molecule has 0 aliphatic rings. The minimum Gasteiger partial charge on any atom is -0.493 e. The molecule has 2 rings (SSSR count). The zero-order valence-corrected chi connectivity index (χ0v) is 20.1. The van der Waals surface area contributed by atoms with E-state index in [1.54, 1.807) is 20.3 Å². The standard InChI is InChI=1S/C24H36N4O5/c1-5-7-9-15-27(21-22(25)28(14-8-6-2)24(31)26-23(21)30)20(29)13-11-17-10-12-18(32-3)19(16-17)33-4/h10,12,16H,5-9,11,13-15,25H2,1-4H3,(H,26,30,31). The lowest BCUT2D eigenvalue weighted by molar-refractivity contribution is -0.118. The van der Waals surface area contributed by atoms with E-state index in [4.69, 9.17) is 15.2 Å². The van der Waals surface area contributed by atoms with Crippen molar-refractivity contribution >= 4 is 17.4 Å². The Morgan fingerprint density at radius 3 is 2.39 bits per heavy atom. The van der Waals surface area contributed by atoms with Gasteiger partial charge in [-0.3, -0.25) is 19.1 Å². The third-order valence-electron chi connectivity index (χ3n) is 5.58. The van der Waals surface area contributed by atoms with Crippen LogP contribution in [0.5, 0.6) is 11.5 Å². The largest absolute Gasteiger partial charge is 0.493 e. The molecule has 9 heteroatoms. The maximum Gasteiger partial charge on any atom is 0.330 e. The van der Waals surface area contributed by atoms with Crippen LogP contribution >= 0.6 is 0 Å². The van der Waals surface area contributed by atoms with E-state index in [2.05, 4.69) is 11.9 Å². The number of unbranched alkanes of at least 4 members (excludes halogenated alkanes) is 3. The Morgan fingerprint density at radius 2 is 1.76 bits per heavy atom. The highest BCUT2D eigenvalue weighted by Crippen LogP contribution is 2.28. The highest BCUT2D eigenvalue weighted by molar-refractivity contribution is 5.95. The van der Waals surface area contributed by atoms with Gasteiger partial charge < -0.3 is 20.1 Å². The van der Waals surface area contributed by atoms with Gasteiger partial charge in [0.15, 0.2) is 17.2 Å². The quantitative estimate of drug-likeness (QED) is 0.443. The van der Waals surface area contributed by atoms with E-state index in [0.29, 0.717) is 31.0 Å². The van der Waals surface area contributed by atoms with Crippen molar-refractivity contribution in [2.75, 3.05) is 31.4 Å². The van der Waals surface area contributed by atoms with E-state index in [9.17, 15) is 14.4 Å². The summed E-state index contributed by atoms with van der Waals surface area (Å²) in [4.78, 5) is 42.1. The minimum absolute atomic E-state index is 0.0353. The van der Waals surface area contributed by atoms with Gasteiger partial charge in [-0.1, -0.05) is 39.2 Å². The number of carbonyl (C=O) groups is 1. The summed E-state index contributed by atoms with van der Waals surface area (Å²) in [6, 6.07) is 5.51. The summed E-state index contributed by atoms with van der Waals surface area (Å²) < 4.78 is 11.9. The Hall–Kier alpha value is -3.23. The molecule has 3 N–H and O–H groups in total. The van der Waals surface area contributed by atoms with Crippen molar-refractivity contribution in [3.8, 4) is 11.5 Å². The van der Waals surface area contributed by atoms with Gasteiger partial charge in [0.1, 0.15) is 5.82 Å². The minimum atomic E-state index is -0.638. The van der Waals surface area contributed by atoms with Crippen LogP contribution < -0.4 is 31.4 Å². The summed E-state index contributed by atoms with van der Waals surface area (Å²) in [5.41, 5.74) is 6.03.